The van der Waals surface area contributed by atoms with E-state index < -0.39 is 0 Å². The van der Waals surface area contributed by atoms with E-state index in [4.69, 9.17) is 0 Å². The summed E-state index contributed by atoms with van der Waals surface area (Å²) < 4.78 is 2.26. The van der Waals surface area contributed by atoms with Gasteiger partial charge in [-0.15, -0.1) is 0 Å². The second-order valence-corrected chi connectivity index (χ2v) is 3.57. The molecule has 1 aliphatic heterocycles. The Labute approximate surface area is 83.2 Å². The lowest BCUT2D eigenvalue weighted by Crippen LogP contribution is -2.00. The van der Waals surface area contributed by atoms with E-state index in [9.17, 15) is 0 Å². The van der Waals surface area contributed by atoms with Crippen molar-refractivity contribution in [3.05, 3.63) is 53.9 Å². The summed E-state index contributed by atoms with van der Waals surface area (Å²) in [6.07, 6.45) is 2.12. The molecule has 0 atom stereocenters. The molecule has 0 fully saturated rings. The molecule has 3 rings (SSSR count). The predicted octanol–water partition coefficient (Wildman–Crippen LogP) is 2.29. The molecule has 2 nitrogen and oxygen atoms in total. The Hall–Kier alpha value is -1.70. The van der Waals surface area contributed by atoms with Crippen molar-refractivity contribution in [2.75, 3.05) is 0 Å². The van der Waals surface area contributed by atoms with Crippen LogP contribution in [0.2, 0.25) is 0 Å². The zero-order valence-electron chi connectivity index (χ0n) is 7.85. The first-order valence-corrected chi connectivity index (χ1v) is 4.83. The van der Waals surface area contributed by atoms with Crippen LogP contribution in [0.3, 0.4) is 0 Å². The number of nitrogens with zero attached hydrogens (tertiary/aromatic N) is 2. The van der Waals surface area contributed by atoms with Crippen LogP contribution in [0.1, 0.15) is 11.3 Å². The monoisotopic (exact) mass is 183 g/mol. The molecule has 2 aromatic rings. The minimum atomic E-state index is 0.796. The number of benzene rings is 1. The Morgan fingerprint density at radius 2 is 2.00 bits per heavy atom. The molecule has 2 heteroatoms. The molecule has 0 amide bonds. The summed E-state index contributed by atoms with van der Waals surface area (Å²) in [6.45, 7) is 1.74. The van der Waals surface area contributed by atoms with Crippen LogP contribution in [0.15, 0.2) is 42.6 Å². The van der Waals surface area contributed by atoms with Crippen LogP contribution in [-0.4, -0.2) is 4.57 Å². The summed E-state index contributed by atoms with van der Waals surface area (Å²) in [5, 5.41) is 4.58. The lowest BCUT2D eigenvalue weighted by Gasteiger charge is -2.04. The van der Waals surface area contributed by atoms with Crippen LogP contribution in [0, 0.1) is 0 Å². The highest BCUT2D eigenvalue weighted by Gasteiger charge is 2.11. The minimum absolute atomic E-state index is 0.796. The van der Waals surface area contributed by atoms with Crippen molar-refractivity contribution in [2.24, 2.45) is 0 Å². The summed E-state index contributed by atoms with van der Waals surface area (Å²) in [6, 6.07) is 12.6. The summed E-state index contributed by atoms with van der Waals surface area (Å²) in [5.74, 6) is 0. The molecule has 69 valence electrons. The molecule has 1 radical (unpaired) electrons. The summed E-state index contributed by atoms with van der Waals surface area (Å²) >= 11 is 0. The lowest BCUT2D eigenvalue weighted by molar-refractivity contribution is 0.746. The second-order valence-electron chi connectivity index (χ2n) is 3.57. The first-order chi connectivity index (χ1) is 6.93. The van der Waals surface area contributed by atoms with E-state index in [0.717, 1.165) is 18.8 Å². The van der Waals surface area contributed by atoms with Gasteiger partial charge in [-0.25, -0.2) is 0 Å². The summed E-state index contributed by atoms with van der Waals surface area (Å²) in [7, 11) is 0. The van der Waals surface area contributed by atoms with Crippen LogP contribution < -0.4 is 5.32 Å². The van der Waals surface area contributed by atoms with Gasteiger partial charge < -0.3 is 4.57 Å². The molecule has 2 heterocycles. The molecule has 0 spiro atoms. The number of aromatic nitrogens is 1. The van der Waals surface area contributed by atoms with E-state index in [1.54, 1.807) is 0 Å². The molecule has 0 saturated heterocycles. The maximum Gasteiger partial charge on any atom is 0.0798 e. The molecule has 0 aliphatic carbocycles. The molecule has 1 aliphatic rings. The van der Waals surface area contributed by atoms with Crippen LogP contribution in [0.5, 0.6) is 0 Å². The van der Waals surface area contributed by atoms with Crippen LogP contribution in [0.25, 0.3) is 0 Å². The standard InChI is InChI=1S/C12H11N2/c1-2-6-12-10(4-1)9-14-7-3-5-11(14)8-13-12/h1-7H,8-9H2. The highest BCUT2D eigenvalue weighted by atomic mass is 15.0. The maximum atomic E-state index is 4.58. The zero-order valence-corrected chi connectivity index (χ0v) is 7.85. The fraction of sp³-hybridized carbons (Fsp3) is 0.167. The number of hydrogen-bond acceptors (Lipinski definition) is 0. The molecule has 0 unspecified atom stereocenters. The highest BCUT2D eigenvalue weighted by molar-refractivity contribution is 5.46. The molecule has 0 N–H and O–H groups in total. The molecule has 14 heavy (non-hydrogen) atoms. The topological polar surface area (TPSA) is 19.0 Å². The van der Waals surface area contributed by atoms with E-state index in [2.05, 4.69) is 46.4 Å². The number of rotatable bonds is 0. The third-order valence-electron chi connectivity index (χ3n) is 2.67. The zero-order chi connectivity index (χ0) is 9.38. The van der Waals surface area contributed by atoms with E-state index in [1.807, 2.05) is 6.07 Å². The first-order valence-electron chi connectivity index (χ1n) is 4.83. The van der Waals surface area contributed by atoms with Gasteiger partial charge in [0.1, 0.15) is 0 Å². The van der Waals surface area contributed by atoms with Crippen LogP contribution >= 0.6 is 0 Å². The number of hydrogen-bond donors (Lipinski definition) is 0. The second kappa shape index (κ2) is 2.91. The van der Waals surface area contributed by atoms with E-state index in [-0.39, 0.29) is 0 Å². The lowest BCUT2D eigenvalue weighted by atomic mass is 10.2. The Bertz CT molecular complexity index is 457. The quantitative estimate of drug-likeness (QED) is 0.597. The molecular weight excluding hydrogens is 172 g/mol. The van der Waals surface area contributed by atoms with Gasteiger partial charge in [0.15, 0.2) is 0 Å². The number of fused-ring (bicyclic) bond motifs is 2. The van der Waals surface area contributed by atoms with Crippen molar-refractivity contribution in [3.8, 4) is 0 Å². The van der Waals surface area contributed by atoms with Crippen molar-refractivity contribution >= 4 is 5.69 Å². The van der Waals surface area contributed by atoms with Crippen molar-refractivity contribution in [1.82, 2.24) is 9.88 Å². The Morgan fingerprint density at radius 3 is 3.00 bits per heavy atom. The number of para-hydroxylation sites is 1. The van der Waals surface area contributed by atoms with Gasteiger partial charge >= 0.3 is 0 Å². The summed E-state index contributed by atoms with van der Waals surface area (Å²) in [4.78, 5) is 0. The van der Waals surface area contributed by atoms with Gasteiger partial charge in [-0.3, -0.25) is 5.32 Å². The van der Waals surface area contributed by atoms with Crippen molar-refractivity contribution < 1.29 is 0 Å². The van der Waals surface area contributed by atoms with E-state index in [0.29, 0.717) is 0 Å². The molecule has 0 saturated carbocycles. The van der Waals surface area contributed by atoms with Gasteiger partial charge in [0.05, 0.1) is 12.2 Å². The summed E-state index contributed by atoms with van der Waals surface area (Å²) in [5.41, 5.74) is 3.74. The van der Waals surface area contributed by atoms with E-state index >= 15 is 0 Å². The van der Waals surface area contributed by atoms with Gasteiger partial charge in [-0.2, -0.15) is 0 Å². The average Bonchev–Trinajstić information content (AvgIpc) is 2.58. The smallest absolute Gasteiger partial charge is 0.0798 e. The van der Waals surface area contributed by atoms with Crippen molar-refractivity contribution in [2.45, 2.75) is 13.1 Å². The third-order valence-corrected chi connectivity index (χ3v) is 2.67. The molecule has 1 aromatic carbocycles. The first kappa shape index (κ1) is 7.68. The third kappa shape index (κ3) is 1.11. The van der Waals surface area contributed by atoms with Gasteiger partial charge in [-0.1, -0.05) is 18.2 Å². The molecule has 0 bridgehead atoms. The van der Waals surface area contributed by atoms with Gasteiger partial charge in [0.25, 0.3) is 0 Å². The van der Waals surface area contributed by atoms with Gasteiger partial charge in [0.2, 0.25) is 0 Å². The molecule has 1 aromatic heterocycles. The minimum Gasteiger partial charge on any atom is -0.345 e. The van der Waals surface area contributed by atoms with Crippen LogP contribution in [-0.2, 0) is 13.1 Å². The fourth-order valence-electron chi connectivity index (χ4n) is 1.90. The fourth-order valence-corrected chi connectivity index (χ4v) is 1.90. The largest absolute Gasteiger partial charge is 0.345 e. The SMILES string of the molecule is c1ccc2c(c1)Cn1cccc1C[N]2. The normalized spacial score (nSPS) is 13.7. The van der Waals surface area contributed by atoms with Crippen molar-refractivity contribution in [1.29, 1.82) is 0 Å². The van der Waals surface area contributed by atoms with Crippen LogP contribution in [0.4, 0.5) is 5.69 Å². The Morgan fingerprint density at radius 1 is 1.07 bits per heavy atom. The van der Waals surface area contributed by atoms with Crippen molar-refractivity contribution in [3.63, 3.8) is 0 Å². The maximum absolute atomic E-state index is 4.58. The van der Waals surface area contributed by atoms with Gasteiger partial charge in [0, 0.05) is 18.4 Å². The Kier molecular flexibility index (Phi) is 1.60. The van der Waals surface area contributed by atoms with E-state index in [1.165, 1.54) is 11.3 Å². The Balaban J connectivity index is 2.10. The predicted molar refractivity (Wildman–Crippen MR) is 55.5 cm³/mol. The average molecular weight is 183 g/mol. The van der Waals surface area contributed by atoms with Gasteiger partial charge in [-0.05, 0) is 23.8 Å². The molecular formula is C12H11N2. The highest BCUT2D eigenvalue weighted by Crippen LogP contribution is 2.21.